The predicted molar refractivity (Wildman–Crippen MR) is 100 cm³/mol. The van der Waals surface area contributed by atoms with Gasteiger partial charge in [-0.05, 0) is 32.3 Å². The van der Waals surface area contributed by atoms with Crippen molar-refractivity contribution in [2.75, 3.05) is 13.2 Å². The number of ketones is 1. The lowest BCUT2D eigenvalue weighted by Gasteiger charge is -2.42. The highest BCUT2D eigenvalue weighted by Crippen LogP contribution is 2.43. The van der Waals surface area contributed by atoms with Gasteiger partial charge in [-0.2, -0.15) is 0 Å². The van der Waals surface area contributed by atoms with Crippen LogP contribution in [0.1, 0.15) is 37.8 Å². The maximum absolute atomic E-state index is 14.5. The Morgan fingerprint density at radius 3 is 2.65 bits per heavy atom. The van der Waals surface area contributed by atoms with Crippen LogP contribution in [0.3, 0.4) is 0 Å². The second-order valence-electron chi connectivity index (χ2n) is 6.82. The molecule has 4 nitrogen and oxygen atoms in total. The molecule has 6 heteroatoms. The molecule has 1 aliphatic heterocycles. The number of likely N-dealkylation sites (tertiary alicyclic amines) is 1. The van der Waals surface area contributed by atoms with Crippen molar-refractivity contribution in [3.63, 3.8) is 0 Å². The van der Waals surface area contributed by atoms with E-state index in [1.54, 1.807) is 30.0 Å². The summed E-state index contributed by atoms with van der Waals surface area (Å²) in [5.41, 5.74) is 0.861. The van der Waals surface area contributed by atoms with E-state index >= 15 is 0 Å². The molecule has 140 valence electrons. The quantitative estimate of drug-likeness (QED) is 0.512. The van der Waals surface area contributed by atoms with Crippen molar-refractivity contribution in [2.24, 2.45) is 11.8 Å². The molecule has 3 unspecified atom stereocenters. The normalized spacial score (nSPS) is 24.3. The van der Waals surface area contributed by atoms with E-state index in [0.29, 0.717) is 24.2 Å². The van der Waals surface area contributed by atoms with Gasteiger partial charge < -0.3 is 9.64 Å². The number of hydrogen-bond acceptors (Lipinski definition) is 4. The molecule has 2 fully saturated rings. The van der Waals surface area contributed by atoms with Gasteiger partial charge in [0.15, 0.2) is 5.78 Å². The largest absolute Gasteiger partial charge is 0.465 e. The van der Waals surface area contributed by atoms with Gasteiger partial charge in [-0.15, -0.1) is 0 Å². The molecule has 0 radical (unpaired) electrons. The Labute approximate surface area is 161 Å². The number of carbonyl (C=O) groups excluding carboxylic acids is 2. The summed E-state index contributed by atoms with van der Waals surface area (Å²) in [5.74, 6) is -1.38. The monoisotopic (exact) mass is 423 g/mol. The van der Waals surface area contributed by atoms with Crippen LogP contribution in [0.25, 0.3) is 0 Å². The molecule has 0 bridgehead atoms. The Bertz CT molecular complexity index is 719. The lowest BCUT2D eigenvalue weighted by atomic mass is 9.89. The summed E-state index contributed by atoms with van der Waals surface area (Å²) in [4.78, 5) is 27.1. The Hall–Kier alpha value is -1.69. The Balaban J connectivity index is 1.95. The number of Topliss-reactive ketones (excluding diaryl/α,β-unsaturated/α-hetero) is 1. The molecule has 1 heterocycles. The highest BCUT2D eigenvalue weighted by atomic mass is 79.9. The number of nitrogens with zero attached hydrogens (tertiary/aromatic N) is 1. The summed E-state index contributed by atoms with van der Waals surface area (Å²) in [7, 11) is 0. The maximum atomic E-state index is 14.5. The number of rotatable bonds is 6. The summed E-state index contributed by atoms with van der Waals surface area (Å²) < 4.78 is 19.7. The number of hydrogen-bond donors (Lipinski definition) is 0. The van der Waals surface area contributed by atoms with E-state index in [-0.39, 0.29) is 29.1 Å². The standard InChI is InChI=1S/C20H23BrFNO3/c1-3-26-20(25)17-12(2)23(11-10-15(17)21)18(19(24)13-8-9-13)14-6-4-5-7-16(14)22/h4-7,13,15,17-18H,2-3,8-11H2,1H3. The van der Waals surface area contributed by atoms with E-state index < -0.39 is 17.8 Å². The minimum absolute atomic E-state index is 0.00637. The van der Waals surface area contributed by atoms with Gasteiger partial charge in [0.2, 0.25) is 0 Å². The van der Waals surface area contributed by atoms with Crippen molar-refractivity contribution in [1.82, 2.24) is 4.90 Å². The second-order valence-corrected chi connectivity index (χ2v) is 8.00. The molecule has 1 aliphatic carbocycles. The highest BCUT2D eigenvalue weighted by Gasteiger charge is 2.45. The third kappa shape index (κ3) is 3.70. The second kappa shape index (κ2) is 7.91. The van der Waals surface area contributed by atoms with Crippen LogP contribution >= 0.6 is 15.9 Å². The fraction of sp³-hybridized carbons (Fsp3) is 0.500. The molecule has 2 aliphatic rings. The van der Waals surface area contributed by atoms with Crippen molar-refractivity contribution in [3.8, 4) is 0 Å². The van der Waals surface area contributed by atoms with Crippen molar-refractivity contribution in [3.05, 3.63) is 47.9 Å². The molecular formula is C20H23BrFNO3. The van der Waals surface area contributed by atoms with Crippen LogP contribution in [-0.2, 0) is 14.3 Å². The number of benzene rings is 1. The molecular weight excluding hydrogens is 401 g/mol. The topological polar surface area (TPSA) is 46.6 Å². The molecule has 0 N–H and O–H groups in total. The highest BCUT2D eigenvalue weighted by molar-refractivity contribution is 9.09. The minimum atomic E-state index is -0.742. The SMILES string of the molecule is C=C1C(C(=O)OCC)C(Br)CCN1C(C(=O)C1CC1)c1ccccc1F. The first-order chi connectivity index (χ1) is 12.5. The summed E-state index contributed by atoms with van der Waals surface area (Å²) in [6.07, 6.45) is 2.32. The maximum Gasteiger partial charge on any atom is 0.316 e. The van der Waals surface area contributed by atoms with Crippen LogP contribution in [0.4, 0.5) is 4.39 Å². The van der Waals surface area contributed by atoms with Gasteiger partial charge in [-0.25, -0.2) is 4.39 Å². The lowest BCUT2D eigenvalue weighted by Crippen LogP contribution is -2.46. The van der Waals surface area contributed by atoms with Crippen molar-refractivity contribution in [2.45, 2.75) is 37.1 Å². The zero-order valence-electron chi connectivity index (χ0n) is 14.8. The van der Waals surface area contributed by atoms with E-state index in [4.69, 9.17) is 4.74 Å². The molecule has 0 aromatic heterocycles. The first kappa shape index (κ1) is 19.1. The molecule has 0 spiro atoms. The van der Waals surface area contributed by atoms with Crippen LogP contribution in [0.5, 0.6) is 0 Å². The smallest absolute Gasteiger partial charge is 0.316 e. The van der Waals surface area contributed by atoms with Crippen molar-refractivity contribution in [1.29, 1.82) is 0 Å². The van der Waals surface area contributed by atoms with Crippen LogP contribution in [0.15, 0.2) is 36.5 Å². The zero-order valence-corrected chi connectivity index (χ0v) is 16.4. The van der Waals surface area contributed by atoms with Gasteiger partial charge in [0.05, 0.1) is 6.61 Å². The number of alkyl halides is 1. The van der Waals surface area contributed by atoms with Gasteiger partial charge in [-0.3, -0.25) is 9.59 Å². The number of ether oxygens (including phenoxy) is 1. The first-order valence-corrected chi connectivity index (χ1v) is 9.91. The van der Waals surface area contributed by atoms with E-state index in [1.165, 1.54) is 6.07 Å². The van der Waals surface area contributed by atoms with Crippen LogP contribution in [-0.4, -0.2) is 34.6 Å². The average molecular weight is 424 g/mol. The third-order valence-electron chi connectivity index (χ3n) is 5.04. The van der Waals surface area contributed by atoms with Crippen molar-refractivity contribution >= 4 is 27.7 Å². The summed E-state index contributed by atoms with van der Waals surface area (Å²) in [6.45, 7) is 6.65. The average Bonchev–Trinajstić information content (AvgIpc) is 3.44. The van der Waals surface area contributed by atoms with Crippen LogP contribution in [0, 0.1) is 17.7 Å². The van der Waals surface area contributed by atoms with Gasteiger partial charge in [0.25, 0.3) is 0 Å². The molecule has 1 saturated carbocycles. The molecule has 26 heavy (non-hydrogen) atoms. The summed E-state index contributed by atoms with van der Waals surface area (Å²) >= 11 is 3.54. The molecule has 0 amide bonds. The summed E-state index contributed by atoms with van der Waals surface area (Å²) in [6, 6.07) is 5.61. The van der Waals surface area contributed by atoms with E-state index in [0.717, 1.165) is 12.8 Å². The lowest BCUT2D eigenvalue weighted by molar-refractivity contribution is -0.148. The zero-order chi connectivity index (χ0) is 18.8. The van der Waals surface area contributed by atoms with E-state index in [2.05, 4.69) is 22.5 Å². The molecule has 1 saturated heterocycles. The van der Waals surface area contributed by atoms with Gasteiger partial charge >= 0.3 is 5.97 Å². The number of piperidine rings is 1. The number of halogens is 2. The Morgan fingerprint density at radius 2 is 2.04 bits per heavy atom. The Morgan fingerprint density at radius 1 is 1.35 bits per heavy atom. The molecule has 1 aromatic carbocycles. The first-order valence-electron chi connectivity index (χ1n) is 9.00. The van der Waals surface area contributed by atoms with Crippen molar-refractivity contribution < 1.29 is 18.7 Å². The van der Waals surface area contributed by atoms with Crippen LogP contribution < -0.4 is 0 Å². The van der Waals surface area contributed by atoms with Gasteiger partial charge in [0, 0.05) is 28.6 Å². The fourth-order valence-electron chi connectivity index (χ4n) is 3.53. The number of esters is 1. The number of carbonyl (C=O) groups is 2. The summed E-state index contributed by atoms with van der Waals surface area (Å²) in [5, 5.41) is 0. The predicted octanol–water partition coefficient (Wildman–Crippen LogP) is 4.01. The molecule has 1 aromatic rings. The van der Waals surface area contributed by atoms with Crippen LogP contribution in [0.2, 0.25) is 0 Å². The Kier molecular flexibility index (Phi) is 5.80. The molecule has 3 atom stereocenters. The molecule has 3 rings (SSSR count). The minimum Gasteiger partial charge on any atom is -0.465 e. The van der Waals surface area contributed by atoms with E-state index in [1.807, 2.05) is 0 Å². The van der Waals surface area contributed by atoms with E-state index in [9.17, 15) is 14.0 Å². The van der Waals surface area contributed by atoms with Gasteiger partial charge in [-0.1, -0.05) is 40.7 Å². The fourth-order valence-corrected chi connectivity index (χ4v) is 4.26. The van der Waals surface area contributed by atoms with Gasteiger partial charge in [0.1, 0.15) is 17.8 Å². The third-order valence-corrected chi connectivity index (χ3v) is 6.02.